The Balaban J connectivity index is 2.45. The zero-order valence-electron chi connectivity index (χ0n) is 12.7. The van der Waals surface area contributed by atoms with Gasteiger partial charge in [0, 0.05) is 24.5 Å². The maximum Gasteiger partial charge on any atom is 0.175 e. The van der Waals surface area contributed by atoms with E-state index in [2.05, 4.69) is 39.3 Å². The van der Waals surface area contributed by atoms with Crippen molar-refractivity contribution in [3.05, 3.63) is 29.0 Å². The summed E-state index contributed by atoms with van der Waals surface area (Å²) in [7, 11) is 0. The summed E-state index contributed by atoms with van der Waals surface area (Å²) in [5.74, 6) is 2.44. The van der Waals surface area contributed by atoms with Crippen molar-refractivity contribution in [3.63, 3.8) is 0 Å². The Kier molecular flexibility index (Phi) is 5.67. The van der Waals surface area contributed by atoms with Crippen LogP contribution in [0.1, 0.15) is 27.2 Å². The SMILES string of the molecule is CCCOc1c(Br)cc(-c2nccn2CC)cc1OCC. The van der Waals surface area contributed by atoms with Crippen LogP contribution in [0.25, 0.3) is 11.4 Å². The highest BCUT2D eigenvalue weighted by atomic mass is 79.9. The summed E-state index contributed by atoms with van der Waals surface area (Å²) in [6, 6.07) is 4.02. The first-order chi connectivity index (χ1) is 10.2. The van der Waals surface area contributed by atoms with Gasteiger partial charge in [-0.25, -0.2) is 4.98 Å². The molecule has 21 heavy (non-hydrogen) atoms. The predicted molar refractivity (Wildman–Crippen MR) is 88.0 cm³/mol. The monoisotopic (exact) mass is 352 g/mol. The minimum atomic E-state index is 0.598. The van der Waals surface area contributed by atoms with Gasteiger partial charge in [0.15, 0.2) is 11.5 Å². The van der Waals surface area contributed by atoms with Crippen molar-refractivity contribution in [2.75, 3.05) is 13.2 Å². The van der Waals surface area contributed by atoms with E-state index in [1.165, 1.54) is 0 Å². The molecule has 0 N–H and O–H groups in total. The third-order valence-corrected chi connectivity index (χ3v) is 3.66. The van der Waals surface area contributed by atoms with Crippen molar-refractivity contribution < 1.29 is 9.47 Å². The van der Waals surface area contributed by atoms with Crippen LogP contribution >= 0.6 is 15.9 Å². The molecule has 0 aliphatic rings. The maximum atomic E-state index is 5.80. The van der Waals surface area contributed by atoms with E-state index in [0.29, 0.717) is 13.2 Å². The van der Waals surface area contributed by atoms with Crippen LogP contribution in [0.15, 0.2) is 29.0 Å². The van der Waals surface area contributed by atoms with Gasteiger partial charge in [0.05, 0.1) is 17.7 Å². The Labute approximate surface area is 134 Å². The molecule has 0 spiro atoms. The fourth-order valence-electron chi connectivity index (χ4n) is 2.13. The van der Waals surface area contributed by atoms with Gasteiger partial charge in [-0.3, -0.25) is 0 Å². The third kappa shape index (κ3) is 3.59. The highest BCUT2D eigenvalue weighted by Gasteiger charge is 2.15. The molecule has 0 amide bonds. The van der Waals surface area contributed by atoms with Crippen LogP contribution in [0, 0.1) is 0 Å². The summed E-state index contributed by atoms with van der Waals surface area (Å²) < 4.78 is 14.5. The zero-order chi connectivity index (χ0) is 15.2. The molecule has 1 heterocycles. The highest BCUT2D eigenvalue weighted by Crippen LogP contribution is 2.39. The van der Waals surface area contributed by atoms with Crippen LogP contribution in [0.3, 0.4) is 0 Å². The van der Waals surface area contributed by atoms with Gasteiger partial charge in [-0.1, -0.05) is 6.92 Å². The van der Waals surface area contributed by atoms with E-state index < -0.39 is 0 Å². The van der Waals surface area contributed by atoms with E-state index in [1.54, 1.807) is 0 Å². The van der Waals surface area contributed by atoms with Gasteiger partial charge in [0.25, 0.3) is 0 Å². The number of benzene rings is 1. The first-order valence-corrected chi connectivity index (χ1v) is 8.11. The molecule has 5 heteroatoms. The Morgan fingerprint density at radius 3 is 2.67 bits per heavy atom. The summed E-state index contributed by atoms with van der Waals surface area (Å²) in [5, 5.41) is 0. The molecule has 0 unspecified atom stereocenters. The Hall–Kier alpha value is -1.49. The van der Waals surface area contributed by atoms with Crippen LogP contribution < -0.4 is 9.47 Å². The molecule has 114 valence electrons. The molecule has 0 aliphatic heterocycles. The molecule has 2 aromatic rings. The standard InChI is InChI=1S/C16H21BrN2O2/c1-4-9-21-15-13(17)10-12(11-14(15)20-6-3)16-18-7-8-19(16)5-2/h7-8,10-11H,4-6,9H2,1-3H3. The lowest BCUT2D eigenvalue weighted by Crippen LogP contribution is -2.02. The molecule has 4 nitrogen and oxygen atoms in total. The molecular formula is C16H21BrN2O2. The number of imidazole rings is 1. The van der Waals surface area contributed by atoms with E-state index in [0.717, 1.165) is 40.3 Å². The second-order valence-corrected chi connectivity index (χ2v) is 5.46. The summed E-state index contributed by atoms with van der Waals surface area (Å²) in [5.41, 5.74) is 1.01. The number of hydrogen-bond donors (Lipinski definition) is 0. The van der Waals surface area contributed by atoms with Crippen molar-refractivity contribution in [2.45, 2.75) is 33.7 Å². The molecule has 1 aromatic carbocycles. The average Bonchev–Trinajstić information content (AvgIpc) is 2.95. The number of halogens is 1. The van der Waals surface area contributed by atoms with Crippen LogP contribution in [0.2, 0.25) is 0 Å². The van der Waals surface area contributed by atoms with Crippen LogP contribution in [-0.4, -0.2) is 22.8 Å². The van der Waals surface area contributed by atoms with Gasteiger partial charge >= 0.3 is 0 Å². The zero-order valence-corrected chi connectivity index (χ0v) is 14.3. The number of hydrogen-bond acceptors (Lipinski definition) is 3. The van der Waals surface area contributed by atoms with Gasteiger partial charge in [-0.2, -0.15) is 0 Å². The van der Waals surface area contributed by atoms with E-state index in [9.17, 15) is 0 Å². The number of nitrogens with zero attached hydrogens (tertiary/aromatic N) is 2. The van der Waals surface area contributed by atoms with Crippen molar-refractivity contribution in [2.24, 2.45) is 0 Å². The average molecular weight is 353 g/mol. The maximum absolute atomic E-state index is 5.80. The molecule has 0 aliphatic carbocycles. The molecule has 1 aromatic heterocycles. The lowest BCUT2D eigenvalue weighted by atomic mass is 10.2. The number of aryl methyl sites for hydroxylation is 1. The topological polar surface area (TPSA) is 36.3 Å². The Morgan fingerprint density at radius 2 is 2.00 bits per heavy atom. The van der Waals surface area contributed by atoms with Gasteiger partial charge in [0.1, 0.15) is 5.82 Å². The predicted octanol–water partition coefficient (Wildman–Crippen LogP) is 4.52. The first-order valence-electron chi connectivity index (χ1n) is 7.31. The van der Waals surface area contributed by atoms with E-state index in [4.69, 9.17) is 9.47 Å². The lowest BCUT2D eigenvalue weighted by Gasteiger charge is -2.15. The summed E-state index contributed by atoms with van der Waals surface area (Å²) in [6.07, 6.45) is 4.75. The fraction of sp³-hybridized carbons (Fsp3) is 0.438. The first kappa shape index (κ1) is 15.9. The molecule has 0 fully saturated rings. The molecule has 0 saturated carbocycles. The lowest BCUT2D eigenvalue weighted by molar-refractivity contribution is 0.275. The number of rotatable bonds is 7. The summed E-state index contributed by atoms with van der Waals surface area (Å²) in [6.45, 7) is 8.30. The van der Waals surface area contributed by atoms with Gasteiger partial charge < -0.3 is 14.0 Å². The van der Waals surface area contributed by atoms with Crippen molar-refractivity contribution in [3.8, 4) is 22.9 Å². The second kappa shape index (κ2) is 7.50. The smallest absolute Gasteiger partial charge is 0.175 e. The van der Waals surface area contributed by atoms with Crippen molar-refractivity contribution in [1.82, 2.24) is 9.55 Å². The number of aromatic nitrogens is 2. The van der Waals surface area contributed by atoms with Gasteiger partial charge in [0.2, 0.25) is 0 Å². The van der Waals surface area contributed by atoms with Crippen LogP contribution in [0.5, 0.6) is 11.5 Å². The number of ether oxygens (including phenoxy) is 2. The fourth-order valence-corrected chi connectivity index (χ4v) is 2.69. The van der Waals surface area contributed by atoms with Crippen LogP contribution in [0.4, 0.5) is 0 Å². The Bertz CT molecular complexity index is 596. The van der Waals surface area contributed by atoms with Gasteiger partial charge in [-0.05, 0) is 48.3 Å². The largest absolute Gasteiger partial charge is 0.490 e. The second-order valence-electron chi connectivity index (χ2n) is 4.60. The molecular weight excluding hydrogens is 332 g/mol. The molecule has 0 radical (unpaired) electrons. The van der Waals surface area contributed by atoms with Crippen molar-refractivity contribution in [1.29, 1.82) is 0 Å². The van der Waals surface area contributed by atoms with E-state index >= 15 is 0 Å². The van der Waals surface area contributed by atoms with E-state index in [-0.39, 0.29) is 0 Å². The van der Waals surface area contributed by atoms with Crippen molar-refractivity contribution >= 4 is 15.9 Å². The molecule has 0 bridgehead atoms. The van der Waals surface area contributed by atoms with E-state index in [1.807, 2.05) is 31.5 Å². The quantitative estimate of drug-likeness (QED) is 0.734. The summed E-state index contributed by atoms with van der Waals surface area (Å²) >= 11 is 3.59. The van der Waals surface area contributed by atoms with Crippen LogP contribution in [-0.2, 0) is 6.54 Å². The summed E-state index contributed by atoms with van der Waals surface area (Å²) in [4.78, 5) is 4.44. The third-order valence-electron chi connectivity index (χ3n) is 3.07. The molecule has 0 saturated heterocycles. The molecule has 0 atom stereocenters. The van der Waals surface area contributed by atoms with Gasteiger partial charge in [-0.15, -0.1) is 0 Å². The minimum Gasteiger partial charge on any atom is -0.490 e. The molecule has 2 rings (SSSR count). The highest BCUT2D eigenvalue weighted by molar-refractivity contribution is 9.10. The normalized spacial score (nSPS) is 10.7. The minimum absolute atomic E-state index is 0.598. The Morgan fingerprint density at radius 1 is 1.19 bits per heavy atom.